The molecule has 4 rings (SSSR count). The number of aromatic nitrogens is 2. The van der Waals surface area contributed by atoms with Gasteiger partial charge < -0.3 is 20.3 Å². The van der Waals surface area contributed by atoms with E-state index >= 15 is 0 Å². The number of hydrogen-bond donors (Lipinski definition) is 4. The predicted molar refractivity (Wildman–Crippen MR) is 115 cm³/mol. The number of para-hydroxylation sites is 2. The number of carbonyl (C=O) groups excluding carboxylic acids is 1. The fourth-order valence-electron chi connectivity index (χ4n) is 3.42. The summed E-state index contributed by atoms with van der Waals surface area (Å²) in [5.41, 5.74) is -0.222. The predicted octanol–water partition coefficient (Wildman–Crippen LogP) is 4.32. The third kappa shape index (κ3) is 4.36. The molecule has 0 aliphatic rings. The van der Waals surface area contributed by atoms with Crippen molar-refractivity contribution >= 4 is 28.1 Å². The second kappa shape index (κ2) is 8.89. The molecule has 6 nitrogen and oxygen atoms in total. The summed E-state index contributed by atoms with van der Waals surface area (Å²) in [6.45, 7) is -0.783. The Balaban J connectivity index is 1.94. The lowest BCUT2D eigenvalue weighted by atomic mass is 9.96. The molecule has 0 spiro atoms. The van der Waals surface area contributed by atoms with Crippen molar-refractivity contribution in [1.82, 2.24) is 9.97 Å². The van der Waals surface area contributed by atoms with E-state index in [0.29, 0.717) is 17.1 Å². The maximum Gasteiger partial charge on any atom is 0.200 e. The van der Waals surface area contributed by atoms with Crippen LogP contribution in [0.25, 0.3) is 22.4 Å². The molecule has 0 fully saturated rings. The van der Waals surface area contributed by atoms with Crippen LogP contribution in [-0.2, 0) is 0 Å². The van der Waals surface area contributed by atoms with Gasteiger partial charge >= 0.3 is 0 Å². The van der Waals surface area contributed by atoms with Crippen LogP contribution in [0.4, 0.5) is 13.2 Å². The molecular formula is C24H17F3N2O4. The Morgan fingerprint density at radius 2 is 1.67 bits per heavy atom. The van der Waals surface area contributed by atoms with Crippen LogP contribution in [0.2, 0.25) is 0 Å². The first-order chi connectivity index (χ1) is 15.8. The van der Waals surface area contributed by atoms with Crippen LogP contribution >= 0.6 is 0 Å². The number of hydrogen-bond acceptors (Lipinski definition) is 5. The number of allylic oxidation sites excluding steroid dienone is 1. The third-order valence-electron chi connectivity index (χ3n) is 5.02. The number of ketones is 1. The number of imidazole rings is 1. The van der Waals surface area contributed by atoms with Gasteiger partial charge in [0.1, 0.15) is 40.7 Å². The van der Waals surface area contributed by atoms with E-state index in [0.717, 1.165) is 30.3 Å². The fourth-order valence-corrected chi connectivity index (χ4v) is 3.42. The molecule has 0 amide bonds. The molecule has 33 heavy (non-hydrogen) atoms. The number of aromatic amines is 1. The van der Waals surface area contributed by atoms with Crippen molar-refractivity contribution in [3.63, 3.8) is 0 Å². The second-order valence-electron chi connectivity index (χ2n) is 7.25. The number of nitrogens with zero attached hydrogens (tertiary/aromatic N) is 1. The van der Waals surface area contributed by atoms with Gasteiger partial charge in [-0.1, -0.05) is 12.1 Å². The molecule has 168 valence electrons. The molecule has 0 bridgehead atoms. The van der Waals surface area contributed by atoms with Gasteiger partial charge in [0.15, 0.2) is 0 Å². The normalized spacial score (nSPS) is 13.1. The first-order valence-corrected chi connectivity index (χ1v) is 9.76. The van der Waals surface area contributed by atoms with E-state index in [9.17, 15) is 28.2 Å². The van der Waals surface area contributed by atoms with E-state index in [1.807, 2.05) is 0 Å². The smallest absolute Gasteiger partial charge is 0.200 e. The molecule has 1 aromatic heterocycles. The molecule has 4 aromatic rings. The number of aliphatic hydroxyl groups is 3. The number of nitrogens with one attached hydrogen (secondary N) is 1. The molecule has 0 saturated heterocycles. The summed E-state index contributed by atoms with van der Waals surface area (Å²) in [7, 11) is 0. The average Bonchev–Trinajstić information content (AvgIpc) is 3.21. The van der Waals surface area contributed by atoms with E-state index in [2.05, 4.69) is 9.97 Å². The number of Topliss-reactive ketones (excluding diaryl/α,β-unsaturated/α-hetero) is 1. The van der Waals surface area contributed by atoms with E-state index in [1.54, 1.807) is 24.3 Å². The minimum absolute atomic E-state index is 0.0862. The number of H-pyrrole nitrogens is 1. The van der Waals surface area contributed by atoms with E-state index < -0.39 is 47.3 Å². The zero-order valence-electron chi connectivity index (χ0n) is 16.9. The first-order valence-electron chi connectivity index (χ1n) is 9.76. The van der Waals surface area contributed by atoms with Crippen molar-refractivity contribution in [2.45, 2.75) is 6.10 Å². The zero-order chi connectivity index (χ0) is 23.7. The van der Waals surface area contributed by atoms with Crippen LogP contribution in [-0.4, -0.2) is 37.7 Å². The number of carbonyl (C=O) groups is 1. The topological polar surface area (TPSA) is 106 Å². The Hall–Kier alpha value is -3.95. The van der Waals surface area contributed by atoms with Crippen LogP contribution < -0.4 is 0 Å². The standard InChI is InChI=1S/C24H17F3N2O4/c25-14-7-13(8-15(26)10-14)23(33)21(24-28-18-3-1-2-4-19(18)29-24)22(32)12-5-6-17(27)16(9-12)20(31)11-30/h1-10,20,30-31,33H,11H2,(H,28,29). The molecule has 1 atom stereocenters. The molecular weight excluding hydrogens is 437 g/mol. The molecule has 0 radical (unpaired) electrons. The zero-order valence-corrected chi connectivity index (χ0v) is 16.9. The second-order valence-corrected chi connectivity index (χ2v) is 7.25. The quantitative estimate of drug-likeness (QED) is 0.197. The molecule has 9 heteroatoms. The van der Waals surface area contributed by atoms with Gasteiger partial charge in [0, 0.05) is 22.8 Å². The summed E-state index contributed by atoms with van der Waals surface area (Å²) in [6, 6.07) is 12.2. The van der Waals surface area contributed by atoms with Crippen LogP contribution in [0.5, 0.6) is 0 Å². The largest absolute Gasteiger partial charge is 0.506 e. The molecule has 0 aliphatic heterocycles. The van der Waals surface area contributed by atoms with Crippen molar-refractivity contribution in [3.05, 3.63) is 101 Å². The summed E-state index contributed by atoms with van der Waals surface area (Å²) in [5, 5.41) is 29.9. The number of fused-ring (bicyclic) bond motifs is 1. The minimum Gasteiger partial charge on any atom is -0.506 e. The number of benzene rings is 3. The van der Waals surface area contributed by atoms with E-state index in [1.165, 1.54) is 0 Å². The van der Waals surface area contributed by atoms with Crippen LogP contribution in [0.3, 0.4) is 0 Å². The highest BCUT2D eigenvalue weighted by Crippen LogP contribution is 2.30. The van der Waals surface area contributed by atoms with Crippen molar-refractivity contribution in [2.24, 2.45) is 0 Å². The lowest BCUT2D eigenvalue weighted by Crippen LogP contribution is -2.11. The maximum atomic E-state index is 14.1. The molecule has 0 saturated carbocycles. The SMILES string of the molecule is O=C(C(=C(O)c1cc(F)cc(F)c1)c1nc2ccccc2[nH]1)c1ccc(F)c(C(O)CO)c1. The van der Waals surface area contributed by atoms with Gasteiger partial charge in [-0.05, 0) is 42.5 Å². The van der Waals surface area contributed by atoms with Gasteiger partial charge in [-0.2, -0.15) is 0 Å². The van der Waals surface area contributed by atoms with Gasteiger partial charge in [-0.3, -0.25) is 4.79 Å². The molecule has 1 unspecified atom stereocenters. The molecule has 0 aliphatic carbocycles. The Morgan fingerprint density at radius 3 is 2.33 bits per heavy atom. The fraction of sp³-hybridized carbons (Fsp3) is 0.0833. The van der Waals surface area contributed by atoms with Crippen LogP contribution in [0, 0.1) is 17.5 Å². The Bertz CT molecular complexity index is 1340. The first kappa shape index (κ1) is 22.3. The average molecular weight is 454 g/mol. The molecule has 4 N–H and O–H groups in total. The van der Waals surface area contributed by atoms with Gasteiger partial charge in [0.25, 0.3) is 0 Å². The third-order valence-corrected chi connectivity index (χ3v) is 5.02. The van der Waals surface area contributed by atoms with Gasteiger partial charge in [-0.25, -0.2) is 18.2 Å². The highest BCUT2D eigenvalue weighted by molar-refractivity contribution is 6.33. The van der Waals surface area contributed by atoms with Gasteiger partial charge in [0.05, 0.1) is 17.6 Å². The Labute approximate surface area is 185 Å². The lowest BCUT2D eigenvalue weighted by Gasteiger charge is -2.13. The lowest BCUT2D eigenvalue weighted by molar-refractivity contribution is 0.0923. The van der Waals surface area contributed by atoms with Crippen molar-refractivity contribution in [2.75, 3.05) is 6.61 Å². The monoisotopic (exact) mass is 454 g/mol. The number of rotatable bonds is 6. The number of aliphatic hydroxyl groups excluding tert-OH is 3. The van der Waals surface area contributed by atoms with Crippen molar-refractivity contribution < 1.29 is 33.3 Å². The number of halogens is 3. The highest BCUT2D eigenvalue weighted by Gasteiger charge is 2.26. The van der Waals surface area contributed by atoms with Gasteiger partial charge in [0.2, 0.25) is 5.78 Å². The summed E-state index contributed by atoms with van der Waals surface area (Å²) in [4.78, 5) is 20.6. The minimum atomic E-state index is -1.58. The summed E-state index contributed by atoms with van der Waals surface area (Å²) in [5.74, 6) is -4.49. The van der Waals surface area contributed by atoms with Gasteiger partial charge in [-0.15, -0.1) is 0 Å². The van der Waals surface area contributed by atoms with E-state index in [-0.39, 0.29) is 22.5 Å². The summed E-state index contributed by atoms with van der Waals surface area (Å²) < 4.78 is 41.7. The van der Waals surface area contributed by atoms with Crippen LogP contribution in [0.15, 0.2) is 60.7 Å². The molecule has 3 aromatic carbocycles. The Kier molecular flexibility index (Phi) is 5.99. The summed E-state index contributed by atoms with van der Waals surface area (Å²) in [6.07, 6.45) is -1.58. The van der Waals surface area contributed by atoms with Crippen molar-refractivity contribution in [1.29, 1.82) is 0 Å². The Morgan fingerprint density at radius 1 is 0.970 bits per heavy atom. The van der Waals surface area contributed by atoms with E-state index in [4.69, 9.17) is 5.11 Å². The maximum absolute atomic E-state index is 14.1. The van der Waals surface area contributed by atoms with Crippen molar-refractivity contribution in [3.8, 4) is 0 Å². The van der Waals surface area contributed by atoms with Crippen LogP contribution in [0.1, 0.15) is 33.4 Å². The molecule has 1 heterocycles. The summed E-state index contributed by atoms with van der Waals surface area (Å²) >= 11 is 0. The highest BCUT2D eigenvalue weighted by atomic mass is 19.1.